The highest BCUT2D eigenvalue weighted by Crippen LogP contribution is 2.31. The van der Waals surface area contributed by atoms with Gasteiger partial charge in [-0.25, -0.2) is 0 Å². The standard InChI is InChI=1S/C18H14ClN3O2/c1-10-15-17(21-24-10)16-13(19)6-3-7-14(16)22(18(15)23)12-5-2-4-11(8-12)9-20/h2-8H,9,20H2,1H3. The number of nitrogens with zero attached hydrogens (tertiary/aromatic N) is 2. The number of fused-ring (bicyclic) bond motifs is 3. The fourth-order valence-electron chi connectivity index (χ4n) is 3.03. The Labute approximate surface area is 142 Å². The molecule has 0 atom stereocenters. The highest BCUT2D eigenvalue weighted by Gasteiger charge is 2.19. The van der Waals surface area contributed by atoms with E-state index in [1.54, 1.807) is 17.6 Å². The maximum absolute atomic E-state index is 13.1. The Morgan fingerprint density at radius 2 is 2.00 bits per heavy atom. The van der Waals surface area contributed by atoms with E-state index in [0.717, 1.165) is 11.3 Å². The predicted octanol–water partition coefficient (Wildman–Crippen LogP) is 3.55. The second-order valence-corrected chi connectivity index (χ2v) is 6.02. The van der Waals surface area contributed by atoms with Gasteiger partial charge in [-0.3, -0.25) is 9.36 Å². The minimum absolute atomic E-state index is 0.187. The first kappa shape index (κ1) is 14.9. The molecule has 6 heteroatoms. The quantitative estimate of drug-likeness (QED) is 0.606. The Balaban J connectivity index is 2.25. The largest absolute Gasteiger partial charge is 0.360 e. The van der Waals surface area contributed by atoms with Gasteiger partial charge in [-0.1, -0.05) is 35.0 Å². The molecule has 120 valence electrons. The molecule has 0 saturated carbocycles. The normalized spacial score (nSPS) is 11.5. The van der Waals surface area contributed by atoms with Crippen molar-refractivity contribution >= 4 is 33.4 Å². The zero-order chi connectivity index (χ0) is 16.8. The smallest absolute Gasteiger partial charge is 0.268 e. The zero-order valence-electron chi connectivity index (χ0n) is 12.9. The van der Waals surface area contributed by atoms with Crippen LogP contribution in [0.1, 0.15) is 11.3 Å². The highest BCUT2D eigenvalue weighted by molar-refractivity contribution is 6.37. The van der Waals surface area contributed by atoms with Crippen molar-refractivity contribution in [2.75, 3.05) is 0 Å². The summed E-state index contributed by atoms with van der Waals surface area (Å²) in [6, 6.07) is 13.0. The van der Waals surface area contributed by atoms with Crippen LogP contribution in [0.5, 0.6) is 0 Å². The van der Waals surface area contributed by atoms with E-state index < -0.39 is 0 Å². The molecule has 2 N–H and O–H groups in total. The Bertz CT molecular complexity index is 1140. The van der Waals surface area contributed by atoms with Crippen molar-refractivity contribution in [2.45, 2.75) is 13.5 Å². The van der Waals surface area contributed by atoms with Gasteiger partial charge in [0.1, 0.15) is 16.7 Å². The minimum Gasteiger partial charge on any atom is -0.360 e. The molecule has 0 radical (unpaired) electrons. The van der Waals surface area contributed by atoms with Crippen LogP contribution in [0.15, 0.2) is 51.8 Å². The highest BCUT2D eigenvalue weighted by atomic mass is 35.5. The van der Waals surface area contributed by atoms with Crippen molar-refractivity contribution in [3.63, 3.8) is 0 Å². The van der Waals surface area contributed by atoms with Gasteiger partial charge >= 0.3 is 0 Å². The third-order valence-corrected chi connectivity index (χ3v) is 4.47. The second-order valence-electron chi connectivity index (χ2n) is 5.61. The van der Waals surface area contributed by atoms with E-state index in [1.165, 1.54) is 0 Å². The number of hydrogen-bond acceptors (Lipinski definition) is 4. The molecule has 2 aromatic heterocycles. The molecule has 0 fully saturated rings. The lowest BCUT2D eigenvalue weighted by molar-refractivity contribution is 0.406. The summed E-state index contributed by atoms with van der Waals surface area (Å²) in [6.45, 7) is 2.12. The lowest BCUT2D eigenvalue weighted by Crippen LogP contribution is -2.19. The monoisotopic (exact) mass is 339 g/mol. The Kier molecular flexibility index (Phi) is 3.40. The topological polar surface area (TPSA) is 74.0 Å². The fraction of sp³-hybridized carbons (Fsp3) is 0.111. The van der Waals surface area contributed by atoms with E-state index in [0.29, 0.717) is 39.1 Å². The van der Waals surface area contributed by atoms with E-state index >= 15 is 0 Å². The summed E-state index contributed by atoms with van der Waals surface area (Å²) in [4.78, 5) is 13.1. The molecule has 0 aliphatic rings. The number of aromatic nitrogens is 2. The van der Waals surface area contributed by atoms with Crippen LogP contribution in [-0.2, 0) is 6.54 Å². The first-order valence-corrected chi connectivity index (χ1v) is 7.88. The van der Waals surface area contributed by atoms with Crippen LogP contribution in [0.25, 0.3) is 27.5 Å². The number of nitrogens with two attached hydrogens (primary N) is 1. The van der Waals surface area contributed by atoms with E-state index in [1.807, 2.05) is 36.4 Å². The number of benzene rings is 2. The molecule has 2 heterocycles. The van der Waals surface area contributed by atoms with Gasteiger partial charge < -0.3 is 10.3 Å². The lowest BCUT2D eigenvalue weighted by atomic mass is 10.1. The maximum atomic E-state index is 13.1. The van der Waals surface area contributed by atoms with Gasteiger partial charge in [-0.2, -0.15) is 0 Å². The van der Waals surface area contributed by atoms with E-state index in [-0.39, 0.29) is 5.56 Å². The molecule has 0 amide bonds. The number of hydrogen-bond donors (Lipinski definition) is 1. The van der Waals surface area contributed by atoms with Crippen molar-refractivity contribution in [3.8, 4) is 5.69 Å². The average Bonchev–Trinajstić information content (AvgIpc) is 2.97. The summed E-state index contributed by atoms with van der Waals surface area (Å²) >= 11 is 6.40. The molecule has 0 unspecified atom stereocenters. The summed E-state index contributed by atoms with van der Waals surface area (Å²) in [7, 11) is 0. The van der Waals surface area contributed by atoms with Crippen LogP contribution in [0.3, 0.4) is 0 Å². The zero-order valence-corrected chi connectivity index (χ0v) is 13.7. The third-order valence-electron chi connectivity index (χ3n) is 4.15. The van der Waals surface area contributed by atoms with Gasteiger partial charge in [-0.15, -0.1) is 0 Å². The van der Waals surface area contributed by atoms with Crippen LogP contribution in [-0.4, -0.2) is 9.72 Å². The maximum Gasteiger partial charge on any atom is 0.268 e. The molecule has 0 aliphatic carbocycles. The van der Waals surface area contributed by atoms with Crippen molar-refractivity contribution in [2.24, 2.45) is 5.73 Å². The second kappa shape index (κ2) is 5.47. The van der Waals surface area contributed by atoms with Crippen molar-refractivity contribution in [1.29, 1.82) is 0 Å². The summed E-state index contributed by atoms with van der Waals surface area (Å²) in [5.74, 6) is 0.473. The lowest BCUT2D eigenvalue weighted by Gasteiger charge is -2.12. The molecular weight excluding hydrogens is 326 g/mol. The van der Waals surface area contributed by atoms with E-state index in [4.69, 9.17) is 21.9 Å². The summed E-state index contributed by atoms with van der Waals surface area (Å²) in [5.41, 5.74) is 8.40. The van der Waals surface area contributed by atoms with Gasteiger partial charge in [0.25, 0.3) is 5.56 Å². The summed E-state index contributed by atoms with van der Waals surface area (Å²) < 4.78 is 6.88. The van der Waals surface area contributed by atoms with Crippen LogP contribution in [0.4, 0.5) is 0 Å². The molecule has 4 rings (SSSR count). The van der Waals surface area contributed by atoms with Gasteiger partial charge in [0, 0.05) is 17.6 Å². The molecule has 2 aromatic carbocycles. The third kappa shape index (κ3) is 2.06. The Morgan fingerprint density at radius 1 is 1.21 bits per heavy atom. The van der Waals surface area contributed by atoms with Gasteiger partial charge in [0.15, 0.2) is 0 Å². The SMILES string of the molecule is Cc1onc2c1c(=O)n(-c1cccc(CN)c1)c1cccc(Cl)c21. The van der Waals surface area contributed by atoms with Crippen LogP contribution in [0, 0.1) is 6.92 Å². The number of aryl methyl sites for hydroxylation is 1. The minimum atomic E-state index is -0.187. The Hall–Kier alpha value is -2.63. The molecule has 24 heavy (non-hydrogen) atoms. The number of pyridine rings is 1. The molecule has 0 saturated heterocycles. The van der Waals surface area contributed by atoms with Crippen LogP contribution >= 0.6 is 11.6 Å². The molecule has 5 nitrogen and oxygen atoms in total. The molecule has 0 bridgehead atoms. The fourth-order valence-corrected chi connectivity index (χ4v) is 3.29. The van der Waals surface area contributed by atoms with E-state index in [9.17, 15) is 4.79 Å². The first-order chi connectivity index (χ1) is 11.6. The average molecular weight is 340 g/mol. The van der Waals surface area contributed by atoms with Gasteiger partial charge in [0.05, 0.1) is 10.5 Å². The molecule has 0 spiro atoms. The van der Waals surface area contributed by atoms with E-state index in [2.05, 4.69) is 5.16 Å². The van der Waals surface area contributed by atoms with Crippen molar-refractivity contribution in [3.05, 3.63) is 69.2 Å². The molecule has 0 aliphatic heterocycles. The number of rotatable bonds is 2. The first-order valence-electron chi connectivity index (χ1n) is 7.50. The molecular formula is C18H14ClN3O2. The van der Waals surface area contributed by atoms with Crippen molar-refractivity contribution in [1.82, 2.24) is 9.72 Å². The van der Waals surface area contributed by atoms with Gasteiger partial charge in [0.2, 0.25) is 0 Å². The van der Waals surface area contributed by atoms with Crippen molar-refractivity contribution < 1.29 is 4.52 Å². The number of halogens is 1. The van der Waals surface area contributed by atoms with Gasteiger partial charge in [-0.05, 0) is 36.8 Å². The van der Waals surface area contributed by atoms with Crippen LogP contribution in [0.2, 0.25) is 5.02 Å². The van der Waals surface area contributed by atoms with Crippen LogP contribution < -0.4 is 11.3 Å². The molecule has 4 aromatic rings. The predicted molar refractivity (Wildman–Crippen MR) is 94.8 cm³/mol. The summed E-state index contributed by atoms with van der Waals surface area (Å²) in [5, 5.41) is 5.70. The Morgan fingerprint density at radius 3 is 2.79 bits per heavy atom. The summed E-state index contributed by atoms with van der Waals surface area (Å²) in [6.07, 6.45) is 0.